The molecule has 25 heavy (non-hydrogen) atoms. The molecule has 0 bridgehead atoms. The molecule has 132 valence electrons. The van der Waals surface area contributed by atoms with E-state index in [1.807, 2.05) is 31.2 Å². The van der Waals surface area contributed by atoms with Crippen molar-refractivity contribution in [3.8, 4) is 5.69 Å². The van der Waals surface area contributed by atoms with E-state index in [0.717, 1.165) is 41.8 Å². The predicted molar refractivity (Wildman–Crippen MR) is 91.1 cm³/mol. The Morgan fingerprint density at radius 1 is 1.32 bits per heavy atom. The maximum absolute atomic E-state index is 12.6. The van der Waals surface area contributed by atoms with Crippen LogP contribution in [0.1, 0.15) is 33.7 Å². The van der Waals surface area contributed by atoms with Crippen LogP contribution in [0.5, 0.6) is 0 Å². The number of carboxylic acids is 1. The molecule has 1 amide bonds. The normalized spacial score (nSPS) is 14.2. The second-order valence-electron chi connectivity index (χ2n) is 6.19. The number of hydrogen-bond donors (Lipinski definition) is 2. The minimum Gasteiger partial charge on any atom is -0.480 e. The van der Waals surface area contributed by atoms with Crippen LogP contribution in [0.2, 0.25) is 0 Å². The lowest BCUT2D eigenvalue weighted by atomic mass is 10.2. The number of amides is 1. The molecule has 0 saturated heterocycles. The van der Waals surface area contributed by atoms with Gasteiger partial charge in [-0.25, -0.2) is 9.48 Å². The third kappa shape index (κ3) is 3.41. The van der Waals surface area contributed by atoms with Gasteiger partial charge in [-0.15, -0.1) is 0 Å². The highest BCUT2D eigenvalue weighted by Crippen LogP contribution is 2.28. The van der Waals surface area contributed by atoms with Gasteiger partial charge in [0.25, 0.3) is 5.91 Å². The van der Waals surface area contributed by atoms with Gasteiger partial charge in [0.05, 0.1) is 12.3 Å². The third-order valence-corrected chi connectivity index (χ3v) is 4.36. The monoisotopic (exact) mass is 343 g/mol. The molecular weight excluding hydrogens is 322 g/mol. The fourth-order valence-corrected chi connectivity index (χ4v) is 3.09. The Morgan fingerprint density at radius 2 is 2.04 bits per heavy atom. The van der Waals surface area contributed by atoms with Crippen LogP contribution in [0, 0.1) is 6.92 Å². The van der Waals surface area contributed by atoms with Crippen molar-refractivity contribution in [3.05, 3.63) is 46.8 Å². The number of hydrogen-bond acceptors (Lipinski definition) is 4. The Balaban J connectivity index is 1.92. The van der Waals surface area contributed by atoms with Gasteiger partial charge >= 0.3 is 5.97 Å². The molecule has 2 aromatic rings. The van der Waals surface area contributed by atoms with Gasteiger partial charge in [0, 0.05) is 18.4 Å². The number of aliphatic carboxylic acids is 1. The van der Waals surface area contributed by atoms with Gasteiger partial charge in [-0.1, -0.05) is 17.7 Å². The van der Waals surface area contributed by atoms with E-state index in [0.29, 0.717) is 5.69 Å². The molecule has 0 fully saturated rings. The van der Waals surface area contributed by atoms with E-state index in [1.54, 1.807) is 4.68 Å². The first-order valence-electron chi connectivity index (χ1n) is 8.21. The van der Waals surface area contributed by atoms with Gasteiger partial charge in [-0.05, 0) is 38.3 Å². The number of ether oxygens (including phenoxy) is 1. The molecule has 0 saturated carbocycles. The Morgan fingerprint density at radius 3 is 2.68 bits per heavy atom. The summed E-state index contributed by atoms with van der Waals surface area (Å²) in [7, 11) is 1.39. The highest BCUT2D eigenvalue weighted by molar-refractivity contribution is 5.96. The summed E-state index contributed by atoms with van der Waals surface area (Å²) in [5.41, 5.74) is 4.27. The molecule has 1 atom stereocenters. The van der Waals surface area contributed by atoms with Crippen LogP contribution < -0.4 is 5.32 Å². The highest BCUT2D eigenvalue weighted by Gasteiger charge is 2.29. The topological polar surface area (TPSA) is 93.5 Å². The summed E-state index contributed by atoms with van der Waals surface area (Å²) in [6.07, 6.45) is 2.58. The van der Waals surface area contributed by atoms with Crippen LogP contribution >= 0.6 is 0 Å². The number of aromatic nitrogens is 2. The molecule has 0 radical (unpaired) electrons. The summed E-state index contributed by atoms with van der Waals surface area (Å²) >= 11 is 0. The molecule has 0 spiro atoms. The number of nitrogens with zero attached hydrogens (tertiary/aromatic N) is 2. The molecule has 1 aromatic heterocycles. The Kier molecular flexibility index (Phi) is 4.85. The number of nitrogens with one attached hydrogen (secondary N) is 1. The minimum absolute atomic E-state index is 0.0953. The SMILES string of the molecule is COCC(NC(=O)c1nn(-c2ccc(C)cc2)c2c1CCC2)C(=O)O. The smallest absolute Gasteiger partial charge is 0.328 e. The number of carbonyl (C=O) groups excluding carboxylic acids is 1. The average molecular weight is 343 g/mol. The molecular formula is C18H21N3O4. The molecule has 1 aliphatic rings. The largest absolute Gasteiger partial charge is 0.480 e. The van der Waals surface area contributed by atoms with Crippen molar-refractivity contribution in [2.24, 2.45) is 0 Å². The average Bonchev–Trinajstić information content (AvgIpc) is 3.17. The maximum Gasteiger partial charge on any atom is 0.328 e. The van der Waals surface area contributed by atoms with Gasteiger partial charge in [-0.2, -0.15) is 5.10 Å². The molecule has 2 N–H and O–H groups in total. The molecule has 0 aliphatic heterocycles. The summed E-state index contributed by atoms with van der Waals surface area (Å²) < 4.78 is 6.65. The van der Waals surface area contributed by atoms with Crippen LogP contribution in [0.4, 0.5) is 0 Å². The number of fused-ring (bicyclic) bond motifs is 1. The lowest BCUT2D eigenvalue weighted by molar-refractivity contribution is -0.140. The van der Waals surface area contributed by atoms with E-state index < -0.39 is 17.9 Å². The van der Waals surface area contributed by atoms with Crippen molar-refractivity contribution in [1.82, 2.24) is 15.1 Å². The first kappa shape index (κ1) is 17.2. The zero-order valence-electron chi connectivity index (χ0n) is 14.3. The summed E-state index contributed by atoms with van der Waals surface area (Å²) in [6.45, 7) is 1.92. The zero-order valence-corrected chi connectivity index (χ0v) is 14.3. The van der Waals surface area contributed by atoms with Gasteiger partial charge in [-0.3, -0.25) is 4.79 Å². The first-order chi connectivity index (χ1) is 12.0. The zero-order chi connectivity index (χ0) is 18.0. The summed E-state index contributed by atoms with van der Waals surface area (Å²) in [4.78, 5) is 23.8. The number of methoxy groups -OCH3 is 1. The summed E-state index contributed by atoms with van der Waals surface area (Å²) in [5.74, 6) is -1.61. The molecule has 1 aromatic carbocycles. The number of aryl methyl sites for hydroxylation is 1. The first-order valence-corrected chi connectivity index (χ1v) is 8.21. The lowest BCUT2D eigenvalue weighted by Crippen LogP contribution is -2.44. The van der Waals surface area contributed by atoms with Gasteiger partial charge < -0.3 is 15.2 Å². The summed E-state index contributed by atoms with van der Waals surface area (Å²) in [6, 6.07) is 6.83. The second-order valence-corrected chi connectivity index (χ2v) is 6.19. The van der Waals surface area contributed by atoms with E-state index in [2.05, 4.69) is 10.4 Å². The lowest BCUT2D eigenvalue weighted by Gasteiger charge is -2.12. The van der Waals surface area contributed by atoms with E-state index in [1.165, 1.54) is 7.11 Å². The van der Waals surface area contributed by atoms with Crippen LogP contribution in [0.3, 0.4) is 0 Å². The number of rotatable bonds is 6. The molecule has 1 heterocycles. The molecule has 7 heteroatoms. The van der Waals surface area contributed by atoms with Gasteiger partial charge in [0.2, 0.25) is 0 Å². The molecule has 1 aliphatic carbocycles. The van der Waals surface area contributed by atoms with Crippen molar-refractivity contribution in [1.29, 1.82) is 0 Å². The van der Waals surface area contributed by atoms with Crippen molar-refractivity contribution >= 4 is 11.9 Å². The number of benzene rings is 1. The second kappa shape index (κ2) is 7.06. The summed E-state index contributed by atoms with van der Waals surface area (Å²) in [5, 5.41) is 16.2. The van der Waals surface area contributed by atoms with E-state index in [4.69, 9.17) is 4.74 Å². The Labute approximate surface area is 145 Å². The van der Waals surface area contributed by atoms with Crippen molar-refractivity contribution in [2.45, 2.75) is 32.2 Å². The fourth-order valence-electron chi connectivity index (χ4n) is 3.09. The molecule has 3 rings (SSSR count). The van der Waals surface area contributed by atoms with E-state index >= 15 is 0 Å². The fraction of sp³-hybridized carbons (Fsp3) is 0.389. The highest BCUT2D eigenvalue weighted by atomic mass is 16.5. The molecule has 1 unspecified atom stereocenters. The van der Waals surface area contributed by atoms with Crippen molar-refractivity contribution < 1.29 is 19.4 Å². The Bertz CT molecular complexity index is 795. The van der Waals surface area contributed by atoms with E-state index in [-0.39, 0.29) is 6.61 Å². The quantitative estimate of drug-likeness (QED) is 0.829. The van der Waals surface area contributed by atoms with Gasteiger partial charge in [0.15, 0.2) is 11.7 Å². The Hall–Kier alpha value is -2.67. The molecule has 7 nitrogen and oxygen atoms in total. The van der Waals surface area contributed by atoms with Crippen molar-refractivity contribution in [3.63, 3.8) is 0 Å². The van der Waals surface area contributed by atoms with Crippen LogP contribution in [-0.2, 0) is 22.4 Å². The predicted octanol–water partition coefficient (Wildman–Crippen LogP) is 1.50. The maximum atomic E-state index is 12.6. The van der Waals surface area contributed by atoms with E-state index in [9.17, 15) is 14.7 Å². The third-order valence-electron chi connectivity index (χ3n) is 4.36. The van der Waals surface area contributed by atoms with Gasteiger partial charge in [0.1, 0.15) is 0 Å². The van der Waals surface area contributed by atoms with Crippen LogP contribution in [-0.4, -0.2) is 46.5 Å². The van der Waals surface area contributed by atoms with Crippen LogP contribution in [0.25, 0.3) is 5.69 Å². The van der Waals surface area contributed by atoms with Crippen LogP contribution in [0.15, 0.2) is 24.3 Å². The minimum atomic E-state index is -1.13. The number of carbonyl (C=O) groups is 2. The van der Waals surface area contributed by atoms with Crippen molar-refractivity contribution in [2.75, 3.05) is 13.7 Å². The standard InChI is InChI=1S/C18H21N3O4/c1-11-6-8-12(9-7-11)21-15-5-3-4-13(15)16(20-21)17(22)19-14(10-25-2)18(23)24/h6-9,14H,3-5,10H2,1-2H3,(H,19,22)(H,23,24). The number of carboxylic acid groups (broad SMARTS) is 1.